The maximum Gasteiger partial charge on any atom is 0.306 e. The maximum absolute atomic E-state index is 10.8. The summed E-state index contributed by atoms with van der Waals surface area (Å²) in [7, 11) is 0. The Balaban J connectivity index is 2.15. The van der Waals surface area contributed by atoms with E-state index in [9.17, 15) is 4.79 Å². The number of benzene rings is 1. The molecule has 14 heavy (non-hydrogen) atoms. The predicted octanol–water partition coefficient (Wildman–Crippen LogP) is 2.12. The summed E-state index contributed by atoms with van der Waals surface area (Å²) in [4.78, 5) is 10.8. The lowest BCUT2D eigenvalue weighted by Gasteiger charge is -2.13. The molecule has 1 aliphatic carbocycles. The molecule has 0 spiro atoms. The first-order valence-electron chi connectivity index (χ1n) is 4.98. The SMILES string of the molecule is C[C@@H](C(=O)O)C1Cc2ccccc2C1. The van der Waals surface area contributed by atoms with Gasteiger partial charge in [-0.3, -0.25) is 4.79 Å². The molecule has 1 atom stereocenters. The third-order valence-corrected chi connectivity index (χ3v) is 3.18. The standard InChI is InChI=1S/C12H14O2/c1-8(12(13)14)11-6-9-4-2-3-5-10(9)7-11/h2-5,8,11H,6-7H2,1H3,(H,13,14)/t8-/m1/s1. The van der Waals surface area contributed by atoms with Gasteiger partial charge in [-0.2, -0.15) is 0 Å². The minimum Gasteiger partial charge on any atom is -0.481 e. The number of hydrogen-bond acceptors (Lipinski definition) is 1. The van der Waals surface area contributed by atoms with Crippen molar-refractivity contribution in [3.8, 4) is 0 Å². The van der Waals surface area contributed by atoms with Crippen LogP contribution in [0.3, 0.4) is 0 Å². The van der Waals surface area contributed by atoms with E-state index >= 15 is 0 Å². The van der Waals surface area contributed by atoms with Gasteiger partial charge in [-0.1, -0.05) is 31.2 Å². The van der Waals surface area contributed by atoms with Gasteiger partial charge in [0.15, 0.2) is 0 Å². The van der Waals surface area contributed by atoms with Crippen molar-refractivity contribution >= 4 is 5.97 Å². The van der Waals surface area contributed by atoms with Crippen molar-refractivity contribution in [3.05, 3.63) is 35.4 Å². The van der Waals surface area contributed by atoms with E-state index in [0.29, 0.717) is 0 Å². The molecule has 2 heteroatoms. The highest BCUT2D eigenvalue weighted by atomic mass is 16.4. The molecule has 0 aliphatic heterocycles. The Bertz CT molecular complexity index is 332. The highest BCUT2D eigenvalue weighted by Gasteiger charge is 2.29. The Morgan fingerprint density at radius 3 is 2.29 bits per heavy atom. The predicted molar refractivity (Wildman–Crippen MR) is 54.1 cm³/mol. The van der Waals surface area contributed by atoms with E-state index in [-0.39, 0.29) is 11.8 Å². The summed E-state index contributed by atoms with van der Waals surface area (Å²) in [5, 5.41) is 8.92. The average Bonchev–Trinajstić information content (AvgIpc) is 2.59. The molecule has 1 aliphatic rings. The maximum atomic E-state index is 10.8. The fraction of sp³-hybridized carbons (Fsp3) is 0.417. The number of carboxylic acid groups (broad SMARTS) is 1. The first kappa shape index (κ1) is 9.25. The lowest BCUT2D eigenvalue weighted by molar-refractivity contribution is -0.142. The number of carboxylic acids is 1. The molecular weight excluding hydrogens is 176 g/mol. The van der Waals surface area contributed by atoms with Gasteiger partial charge in [-0.25, -0.2) is 0 Å². The summed E-state index contributed by atoms with van der Waals surface area (Å²) in [6, 6.07) is 8.24. The number of carbonyl (C=O) groups is 1. The lowest BCUT2D eigenvalue weighted by atomic mass is 9.91. The molecule has 0 aromatic heterocycles. The molecule has 1 N–H and O–H groups in total. The van der Waals surface area contributed by atoms with Crippen LogP contribution in [0.2, 0.25) is 0 Å². The third kappa shape index (κ3) is 1.52. The summed E-state index contributed by atoms with van der Waals surface area (Å²) in [6.07, 6.45) is 1.84. The third-order valence-electron chi connectivity index (χ3n) is 3.18. The molecule has 0 saturated heterocycles. The van der Waals surface area contributed by atoms with Crippen LogP contribution in [-0.4, -0.2) is 11.1 Å². The Labute approximate surface area is 83.6 Å². The van der Waals surface area contributed by atoms with Gasteiger partial charge in [0.1, 0.15) is 0 Å². The Morgan fingerprint density at radius 1 is 1.36 bits per heavy atom. The summed E-state index contributed by atoms with van der Waals surface area (Å²) in [5.41, 5.74) is 2.65. The Morgan fingerprint density at radius 2 is 1.86 bits per heavy atom. The fourth-order valence-electron chi connectivity index (χ4n) is 2.15. The minimum absolute atomic E-state index is 0.234. The fourth-order valence-corrected chi connectivity index (χ4v) is 2.15. The molecule has 0 bridgehead atoms. The van der Waals surface area contributed by atoms with Crippen LogP contribution in [0.1, 0.15) is 18.1 Å². The van der Waals surface area contributed by atoms with Crippen LogP contribution >= 0.6 is 0 Å². The van der Waals surface area contributed by atoms with Crippen LogP contribution in [-0.2, 0) is 17.6 Å². The summed E-state index contributed by atoms with van der Waals surface area (Å²) < 4.78 is 0. The van der Waals surface area contributed by atoms with E-state index in [1.807, 2.05) is 12.1 Å². The zero-order valence-corrected chi connectivity index (χ0v) is 8.23. The van der Waals surface area contributed by atoms with E-state index in [1.54, 1.807) is 6.92 Å². The summed E-state index contributed by atoms with van der Waals surface area (Å²) in [5.74, 6) is -0.630. The zero-order chi connectivity index (χ0) is 10.1. The second-order valence-electron chi connectivity index (χ2n) is 4.06. The van der Waals surface area contributed by atoms with E-state index in [2.05, 4.69) is 12.1 Å². The van der Waals surface area contributed by atoms with Crippen LogP contribution in [0.15, 0.2) is 24.3 Å². The van der Waals surface area contributed by atoms with E-state index in [1.165, 1.54) is 11.1 Å². The topological polar surface area (TPSA) is 37.3 Å². The number of fused-ring (bicyclic) bond motifs is 1. The first-order chi connectivity index (χ1) is 6.68. The Hall–Kier alpha value is -1.31. The van der Waals surface area contributed by atoms with Crippen molar-refractivity contribution in [2.45, 2.75) is 19.8 Å². The molecule has 2 nitrogen and oxygen atoms in total. The smallest absolute Gasteiger partial charge is 0.306 e. The van der Waals surface area contributed by atoms with Crippen molar-refractivity contribution in [1.29, 1.82) is 0 Å². The quantitative estimate of drug-likeness (QED) is 0.775. The summed E-state index contributed by atoms with van der Waals surface area (Å²) >= 11 is 0. The van der Waals surface area contributed by atoms with E-state index in [0.717, 1.165) is 12.8 Å². The van der Waals surface area contributed by atoms with E-state index in [4.69, 9.17) is 5.11 Å². The highest BCUT2D eigenvalue weighted by molar-refractivity contribution is 5.70. The van der Waals surface area contributed by atoms with Crippen LogP contribution in [0.4, 0.5) is 0 Å². The van der Waals surface area contributed by atoms with Gasteiger partial charge in [0.05, 0.1) is 5.92 Å². The number of hydrogen-bond donors (Lipinski definition) is 1. The van der Waals surface area contributed by atoms with Crippen molar-refractivity contribution in [2.75, 3.05) is 0 Å². The highest BCUT2D eigenvalue weighted by Crippen LogP contribution is 2.31. The number of rotatable bonds is 2. The molecular formula is C12H14O2. The van der Waals surface area contributed by atoms with Gasteiger partial charge < -0.3 is 5.11 Å². The van der Waals surface area contributed by atoms with Crippen molar-refractivity contribution in [1.82, 2.24) is 0 Å². The first-order valence-corrected chi connectivity index (χ1v) is 4.98. The molecule has 0 fully saturated rings. The molecule has 74 valence electrons. The van der Waals surface area contributed by atoms with Crippen LogP contribution in [0, 0.1) is 11.8 Å². The van der Waals surface area contributed by atoms with Crippen molar-refractivity contribution < 1.29 is 9.90 Å². The lowest BCUT2D eigenvalue weighted by Crippen LogP contribution is -2.20. The van der Waals surface area contributed by atoms with Gasteiger partial charge in [-0.05, 0) is 29.9 Å². The van der Waals surface area contributed by atoms with Crippen molar-refractivity contribution in [2.24, 2.45) is 11.8 Å². The molecule has 0 amide bonds. The molecule has 0 unspecified atom stereocenters. The largest absolute Gasteiger partial charge is 0.481 e. The van der Waals surface area contributed by atoms with Gasteiger partial charge in [0, 0.05) is 0 Å². The molecule has 0 saturated carbocycles. The number of aliphatic carboxylic acids is 1. The molecule has 1 aromatic rings. The normalized spacial score (nSPS) is 17.8. The monoisotopic (exact) mass is 190 g/mol. The van der Waals surface area contributed by atoms with Crippen LogP contribution in [0.5, 0.6) is 0 Å². The van der Waals surface area contributed by atoms with Gasteiger partial charge in [0.2, 0.25) is 0 Å². The molecule has 0 heterocycles. The minimum atomic E-state index is -0.678. The van der Waals surface area contributed by atoms with Gasteiger partial charge >= 0.3 is 5.97 Å². The van der Waals surface area contributed by atoms with Crippen LogP contribution in [0.25, 0.3) is 0 Å². The zero-order valence-electron chi connectivity index (χ0n) is 8.23. The average molecular weight is 190 g/mol. The molecule has 2 rings (SSSR count). The van der Waals surface area contributed by atoms with Crippen molar-refractivity contribution in [3.63, 3.8) is 0 Å². The summed E-state index contributed by atoms with van der Waals surface area (Å²) in [6.45, 7) is 1.80. The second kappa shape index (κ2) is 3.45. The Kier molecular flexibility index (Phi) is 2.28. The van der Waals surface area contributed by atoms with E-state index < -0.39 is 5.97 Å². The van der Waals surface area contributed by atoms with Gasteiger partial charge in [0.25, 0.3) is 0 Å². The van der Waals surface area contributed by atoms with Crippen LogP contribution < -0.4 is 0 Å². The second-order valence-corrected chi connectivity index (χ2v) is 4.06. The van der Waals surface area contributed by atoms with Gasteiger partial charge in [-0.15, -0.1) is 0 Å². The molecule has 1 aromatic carbocycles. The molecule has 0 radical (unpaired) electrons.